The Morgan fingerprint density at radius 3 is 2.44 bits per heavy atom. The van der Waals surface area contributed by atoms with Crippen LogP contribution in [0.4, 0.5) is 0 Å². The Bertz CT molecular complexity index is 1180. The van der Waals surface area contributed by atoms with Crippen molar-refractivity contribution in [3.05, 3.63) is 114 Å². The van der Waals surface area contributed by atoms with E-state index in [1.54, 1.807) is 12.4 Å². The van der Waals surface area contributed by atoms with Gasteiger partial charge in [0.1, 0.15) is 6.61 Å². The third kappa shape index (κ3) is 5.19. The molecule has 2 heterocycles. The summed E-state index contributed by atoms with van der Waals surface area (Å²) in [5, 5.41) is 2.98. The zero-order valence-corrected chi connectivity index (χ0v) is 18.0. The lowest BCUT2D eigenvalue weighted by atomic mass is 9.96. The molecule has 5 heteroatoms. The van der Waals surface area contributed by atoms with E-state index in [9.17, 15) is 4.79 Å². The maximum Gasteiger partial charge on any atom is 0.252 e. The fourth-order valence-corrected chi connectivity index (χ4v) is 3.44. The van der Waals surface area contributed by atoms with Crippen molar-refractivity contribution >= 4 is 5.91 Å². The van der Waals surface area contributed by atoms with Gasteiger partial charge in [-0.15, -0.1) is 0 Å². The fraction of sp³-hybridized carbons (Fsp3) is 0.148. The zero-order valence-electron chi connectivity index (χ0n) is 18.0. The van der Waals surface area contributed by atoms with Gasteiger partial charge in [-0.05, 0) is 47.9 Å². The predicted octanol–water partition coefficient (Wildman–Crippen LogP) is 5.22. The Balaban J connectivity index is 1.63. The first-order chi connectivity index (χ1) is 15.7. The van der Waals surface area contributed by atoms with Crippen molar-refractivity contribution in [1.29, 1.82) is 0 Å². The normalized spacial score (nSPS) is 10.5. The van der Waals surface area contributed by atoms with Gasteiger partial charge in [0.15, 0.2) is 0 Å². The van der Waals surface area contributed by atoms with Crippen molar-refractivity contribution in [3.8, 4) is 17.0 Å². The average molecular weight is 424 g/mol. The van der Waals surface area contributed by atoms with Crippen LogP contribution in [0, 0.1) is 0 Å². The van der Waals surface area contributed by atoms with Crippen molar-refractivity contribution in [2.45, 2.75) is 26.5 Å². The second kappa shape index (κ2) is 10.4. The van der Waals surface area contributed by atoms with E-state index in [0.29, 0.717) is 24.6 Å². The highest BCUT2D eigenvalue weighted by atomic mass is 16.5. The summed E-state index contributed by atoms with van der Waals surface area (Å²) in [6, 6.07) is 25.3. The van der Waals surface area contributed by atoms with Crippen LogP contribution in [0.25, 0.3) is 11.1 Å². The van der Waals surface area contributed by atoms with Crippen molar-refractivity contribution in [3.63, 3.8) is 0 Å². The molecular weight excluding hydrogens is 398 g/mol. The second-order valence-electron chi connectivity index (χ2n) is 7.37. The van der Waals surface area contributed by atoms with Crippen LogP contribution < -0.4 is 10.1 Å². The van der Waals surface area contributed by atoms with Crippen molar-refractivity contribution in [2.24, 2.45) is 0 Å². The SMILES string of the molecule is CCc1ccc(C(=O)NCc2ccccn2)c(-c2cccnc2OCc2ccccc2)c1. The number of nitrogens with zero attached hydrogens (tertiary/aromatic N) is 2. The maximum atomic E-state index is 13.1. The fourth-order valence-electron chi connectivity index (χ4n) is 3.44. The molecule has 0 aliphatic carbocycles. The quantitative estimate of drug-likeness (QED) is 0.422. The molecule has 5 nitrogen and oxygen atoms in total. The van der Waals surface area contributed by atoms with Crippen LogP contribution in [0.5, 0.6) is 5.88 Å². The molecule has 1 N–H and O–H groups in total. The van der Waals surface area contributed by atoms with Gasteiger partial charge < -0.3 is 10.1 Å². The number of amides is 1. The zero-order chi connectivity index (χ0) is 22.2. The molecule has 0 spiro atoms. The third-order valence-corrected chi connectivity index (χ3v) is 5.17. The summed E-state index contributed by atoms with van der Waals surface area (Å²) >= 11 is 0. The van der Waals surface area contributed by atoms with Crippen LogP contribution in [0.2, 0.25) is 0 Å². The second-order valence-corrected chi connectivity index (χ2v) is 7.37. The van der Waals surface area contributed by atoms with Gasteiger partial charge >= 0.3 is 0 Å². The number of hydrogen-bond donors (Lipinski definition) is 1. The number of aryl methyl sites for hydroxylation is 1. The van der Waals surface area contributed by atoms with Crippen LogP contribution in [0.15, 0.2) is 91.3 Å². The molecule has 4 rings (SSSR count). The van der Waals surface area contributed by atoms with Gasteiger partial charge in [0.05, 0.1) is 12.2 Å². The van der Waals surface area contributed by atoms with Gasteiger partial charge in [-0.2, -0.15) is 0 Å². The lowest BCUT2D eigenvalue weighted by molar-refractivity contribution is 0.0951. The Hall–Kier alpha value is -3.99. The van der Waals surface area contributed by atoms with Crippen LogP contribution in [-0.4, -0.2) is 15.9 Å². The number of nitrogens with one attached hydrogen (secondary N) is 1. The summed E-state index contributed by atoms with van der Waals surface area (Å²) < 4.78 is 6.06. The lowest BCUT2D eigenvalue weighted by Gasteiger charge is -2.15. The molecule has 32 heavy (non-hydrogen) atoms. The van der Waals surface area contributed by atoms with Crippen LogP contribution >= 0.6 is 0 Å². The molecule has 0 aliphatic heterocycles. The molecule has 0 unspecified atom stereocenters. The molecule has 0 saturated heterocycles. The van der Waals surface area contributed by atoms with Crippen molar-refractivity contribution < 1.29 is 9.53 Å². The monoisotopic (exact) mass is 423 g/mol. The average Bonchev–Trinajstić information content (AvgIpc) is 2.87. The molecule has 0 radical (unpaired) electrons. The van der Waals surface area contributed by atoms with E-state index in [0.717, 1.165) is 34.4 Å². The number of aromatic nitrogens is 2. The maximum absolute atomic E-state index is 13.1. The van der Waals surface area contributed by atoms with Gasteiger partial charge in [0, 0.05) is 29.1 Å². The molecule has 0 atom stereocenters. The van der Waals surface area contributed by atoms with Crippen LogP contribution in [-0.2, 0) is 19.6 Å². The lowest BCUT2D eigenvalue weighted by Crippen LogP contribution is -2.24. The number of ether oxygens (including phenoxy) is 1. The molecule has 2 aromatic carbocycles. The van der Waals surface area contributed by atoms with E-state index >= 15 is 0 Å². The largest absolute Gasteiger partial charge is 0.472 e. The topological polar surface area (TPSA) is 64.1 Å². The van der Waals surface area contributed by atoms with Gasteiger partial charge in [-0.3, -0.25) is 9.78 Å². The van der Waals surface area contributed by atoms with Crippen molar-refractivity contribution in [2.75, 3.05) is 0 Å². The predicted molar refractivity (Wildman–Crippen MR) is 125 cm³/mol. The number of rotatable bonds is 8. The minimum absolute atomic E-state index is 0.161. The molecular formula is C27H25N3O2. The molecule has 2 aromatic heterocycles. The Morgan fingerprint density at radius 2 is 1.66 bits per heavy atom. The highest BCUT2D eigenvalue weighted by Crippen LogP contribution is 2.32. The summed E-state index contributed by atoms with van der Waals surface area (Å²) in [7, 11) is 0. The first kappa shape index (κ1) is 21.2. The standard InChI is InChI=1S/C27H25N3O2/c1-2-20-13-14-23(26(31)30-18-22-11-6-7-15-28-22)25(17-20)24-12-8-16-29-27(24)32-19-21-9-4-3-5-10-21/h3-17H,2,18-19H2,1H3,(H,30,31). The molecule has 0 fully saturated rings. The minimum atomic E-state index is -0.161. The molecule has 160 valence electrons. The highest BCUT2D eigenvalue weighted by molar-refractivity contribution is 6.01. The van der Waals surface area contributed by atoms with E-state index in [2.05, 4.69) is 22.2 Å². The summed E-state index contributed by atoms with van der Waals surface area (Å²) in [4.78, 5) is 21.8. The van der Waals surface area contributed by atoms with E-state index in [4.69, 9.17) is 4.74 Å². The summed E-state index contributed by atoms with van der Waals surface area (Å²) in [6.45, 7) is 2.86. The van der Waals surface area contributed by atoms with E-state index in [1.165, 1.54) is 0 Å². The van der Waals surface area contributed by atoms with Gasteiger partial charge in [-0.1, -0.05) is 55.5 Å². The molecule has 0 bridgehead atoms. The van der Waals surface area contributed by atoms with E-state index < -0.39 is 0 Å². The molecule has 1 amide bonds. The number of pyridine rings is 2. The Morgan fingerprint density at radius 1 is 0.844 bits per heavy atom. The smallest absolute Gasteiger partial charge is 0.252 e. The number of hydrogen-bond acceptors (Lipinski definition) is 4. The van der Waals surface area contributed by atoms with Crippen LogP contribution in [0.3, 0.4) is 0 Å². The minimum Gasteiger partial charge on any atom is -0.472 e. The third-order valence-electron chi connectivity index (χ3n) is 5.17. The molecule has 4 aromatic rings. The van der Waals surface area contributed by atoms with Gasteiger partial charge in [0.25, 0.3) is 5.91 Å². The number of carbonyl (C=O) groups is 1. The Kier molecular flexibility index (Phi) is 6.88. The van der Waals surface area contributed by atoms with E-state index in [-0.39, 0.29) is 5.91 Å². The molecule has 0 saturated carbocycles. The van der Waals surface area contributed by atoms with Crippen molar-refractivity contribution in [1.82, 2.24) is 15.3 Å². The summed E-state index contributed by atoms with van der Waals surface area (Å²) in [5.74, 6) is 0.342. The van der Waals surface area contributed by atoms with Crippen LogP contribution in [0.1, 0.15) is 34.1 Å². The number of benzene rings is 2. The first-order valence-electron chi connectivity index (χ1n) is 10.7. The first-order valence-corrected chi connectivity index (χ1v) is 10.7. The Labute approximate surface area is 188 Å². The highest BCUT2D eigenvalue weighted by Gasteiger charge is 2.17. The molecule has 0 aliphatic rings. The summed E-state index contributed by atoms with van der Waals surface area (Å²) in [5.41, 5.74) is 5.18. The van der Waals surface area contributed by atoms with Gasteiger partial charge in [0.2, 0.25) is 5.88 Å². The van der Waals surface area contributed by atoms with Gasteiger partial charge in [-0.25, -0.2) is 4.98 Å². The van der Waals surface area contributed by atoms with E-state index in [1.807, 2.05) is 78.9 Å². The number of carbonyl (C=O) groups excluding carboxylic acids is 1. The summed E-state index contributed by atoms with van der Waals surface area (Å²) in [6.07, 6.45) is 4.28.